The number of hydrogen-bond acceptors (Lipinski definition) is 7. The van der Waals surface area contributed by atoms with Crippen LogP contribution in [0.4, 0.5) is 0 Å². The van der Waals surface area contributed by atoms with Gasteiger partial charge in [0.15, 0.2) is 0 Å². The summed E-state index contributed by atoms with van der Waals surface area (Å²) in [6.45, 7) is 0.113. The van der Waals surface area contributed by atoms with Crippen LogP contribution in [0.25, 0.3) is 22.3 Å². The summed E-state index contributed by atoms with van der Waals surface area (Å²) < 4.78 is 36.3. The maximum atomic E-state index is 12.8. The van der Waals surface area contributed by atoms with Crippen LogP contribution in [-0.4, -0.2) is 27.1 Å². The molecule has 0 unspecified atom stereocenters. The summed E-state index contributed by atoms with van der Waals surface area (Å²) in [6.07, 6.45) is 5.03. The molecular formula is C17H13N5O2S2. The summed E-state index contributed by atoms with van der Waals surface area (Å²) in [7, 11) is -3.74. The van der Waals surface area contributed by atoms with Crippen molar-refractivity contribution in [2.45, 2.75) is 11.4 Å². The fourth-order valence-corrected chi connectivity index (χ4v) is 4.37. The molecule has 0 spiro atoms. The molecule has 0 radical (unpaired) electrons. The van der Waals surface area contributed by atoms with Gasteiger partial charge in [-0.15, -0.1) is 0 Å². The monoisotopic (exact) mass is 383 g/mol. The molecule has 26 heavy (non-hydrogen) atoms. The maximum absolute atomic E-state index is 12.8. The summed E-state index contributed by atoms with van der Waals surface area (Å²) in [5.74, 6) is 0. The smallest absolute Gasteiger partial charge is 0.243 e. The predicted octanol–water partition coefficient (Wildman–Crippen LogP) is 2.63. The van der Waals surface area contributed by atoms with E-state index in [-0.39, 0.29) is 11.4 Å². The normalized spacial score (nSPS) is 11.7. The van der Waals surface area contributed by atoms with Crippen molar-refractivity contribution in [3.63, 3.8) is 0 Å². The first kappa shape index (κ1) is 16.7. The lowest BCUT2D eigenvalue weighted by Crippen LogP contribution is -2.24. The second kappa shape index (κ2) is 6.87. The van der Waals surface area contributed by atoms with Crippen LogP contribution in [0.2, 0.25) is 0 Å². The highest BCUT2D eigenvalue weighted by atomic mass is 32.2. The number of pyridine rings is 2. The van der Waals surface area contributed by atoms with Crippen LogP contribution in [0.3, 0.4) is 0 Å². The molecule has 0 aliphatic carbocycles. The minimum absolute atomic E-state index is 0.113. The van der Waals surface area contributed by atoms with Crippen molar-refractivity contribution >= 4 is 32.8 Å². The van der Waals surface area contributed by atoms with E-state index in [2.05, 4.69) is 23.4 Å². The van der Waals surface area contributed by atoms with Gasteiger partial charge in [0.1, 0.15) is 15.9 Å². The Morgan fingerprint density at radius 2 is 1.81 bits per heavy atom. The summed E-state index contributed by atoms with van der Waals surface area (Å²) in [5.41, 5.74) is 3.31. The van der Waals surface area contributed by atoms with E-state index in [9.17, 15) is 8.42 Å². The van der Waals surface area contributed by atoms with Crippen LogP contribution in [-0.2, 0) is 16.6 Å². The van der Waals surface area contributed by atoms with Crippen LogP contribution in [0.5, 0.6) is 0 Å². The second-order valence-corrected chi connectivity index (χ2v) is 7.72. The average Bonchev–Trinajstić information content (AvgIpc) is 3.16. The number of sulfonamides is 1. The van der Waals surface area contributed by atoms with Crippen LogP contribution >= 0.6 is 11.7 Å². The van der Waals surface area contributed by atoms with Crippen molar-refractivity contribution in [3.8, 4) is 11.3 Å². The van der Waals surface area contributed by atoms with Crippen molar-refractivity contribution in [1.29, 1.82) is 0 Å². The first-order chi connectivity index (χ1) is 12.6. The van der Waals surface area contributed by atoms with Gasteiger partial charge in [0.2, 0.25) is 10.0 Å². The van der Waals surface area contributed by atoms with E-state index in [1.807, 2.05) is 18.2 Å². The van der Waals surface area contributed by atoms with E-state index >= 15 is 0 Å². The molecule has 1 aromatic carbocycles. The first-order valence-corrected chi connectivity index (χ1v) is 9.92. The van der Waals surface area contributed by atoms with Gasteiger partial charge in [-0.05, 0) is 35.9 Å². The highest BCUT2D eigenvalue weighted by molar-refractivity contribution is 7.89. The molecule has 0 saturated heterocycles. The fourth-order valence-electron chi connectivity index (χ4n) is 2.60. The van der Waals surface area contributed by atoms with Gasteiger partial charge in [-0.2, -0.15) is 8.75 Å². The van der Waals surface area contributed by atoms with E-state index in [0.717, 1.165) is 22.9 Å². The van der Waals surface area contributed by atoms with Crippen molar-refractivity contribution in [3.05, 3.63) is 66.6 Å². The Hall–Kier alpha value is -2.75. The van der Waals surface area contributed by atoms with Gasteiger partial charge in [0.05, 0.1) is 17.4 Å². The van der Waals surface area contributed by atoms with Gasteiger partial charge in [0.25, 0.3) is 0 Å². The van der Waals surface area contributed by atoms with E-state index in [1.54, 1.807) is 36.8 Å². The molecule has 3 aromatic heterocycles. The zero-order chi connectivity index (χ0) is 18.0. The molecule has 0 atom stereocenters. The zero-order valence-electron chi connectivity index (χ0n) is 13.4. The number of nitrogens with one attached hydrogen (secondary N) is 1. The molecule has 7 nitrogen and oxygen atoms in total. The lowest BCUT2D eigenvalue weighted by Gasteiger charge is -2.10. The lowest BCUT2D eigenvalue weighted by atomic mass is 10.1. The van der Waals surface area contributed by atoms with Gasteiger partial charge in [-0.1, -0.05) is 12.1 Å². The third kappa shape index (κ3) is 3.19. The van der Waals surface area contributed by atoms with E-state index in [4.69, 9.17) is 0 Å². The molecule has 0 bridgehead atoms. The zero-order valence-corrected chi connectivity index (χ0v) is 15.0. The molecule has 1 N–H and O–H groups in total. The third-order valence-corrected chi connectivity index (χ3v) is 5.81. The molecule has 0 amide bonds. The largest absolute Gasteiger partial charge is 0.265 e. The highest BCUT2D eigenvalue weighted by Gasteiger charge is 2.20. The summed E-state index contributed by atoms with van der Waals surface area (Å²) in [4.78, 5) is 8.50. The average molecular weight is 383 g/mol. The Labute approximate surface area is 154 Å². The maximum Gasteiger partial charge on any atom is 0.243 e. The number of nitrogens with zero attached hydrogens (tertiary/aromatic N) is 4. The Morgan fingerprint density at radius 1 is 0.962 bits per heavy atom. The van der Waals surface area contributed by atoms with Crippen LogP contribution in [0.15, 0.2) is 66.0 Å². The Kier molecular flexibility index (Phi) is 4.41. The van der Waals surface area contributed by atoms with Crippen molar-refractivity contribution in [1.82, 2.24) is 23.4 Å². The number of aromatic nitrogens is 4. The topological polar surface area (TPSA) is 97.7 Å². The fraction of sp³-hybridized carbons (Fsp3) is 0.0588. The van der Waals surface area contributed by atoms with Crippen LogP contribution in [0.1, 0.15) is 5.56 Å². The van der Waals surface area contributed by atoms with Gasteiger partial charge < -0.3 is 0 Å². The molecule has 3 heterocycles. The molecule has 0 aliphatic heterocycles. The summed E-state index contributed by atoms with van der Waals surface area (Å²) in [6, 6.07) is 12.2. The number of rotatable bonds is 5. The SMILES string of the molecule is O=S(=O)(NCc1cccnc1-c1ccncc1)c1cccc2nsnc12. The van der Waals surface area contributed by atoms with E-state index < -0.39 is 10.0 Å². The van der Waals surface area contributed by atoms with Crippen LogP contribution < -0.4 is 4.72 Å². The first-order valence-electron chi connectivity index (χ1n) is 7.70. The van der Waals surface area contributed by atoms with Crippen LogP contribution in [0, 0.1) is 0 Å². The van der Waals surface area contributed by atoms with Gasteiger partial charge in [-0.3, -0.25) is 9.97 Å². The Balaban J connectivity index is 1.65. The van der Waals surface area contributed by atoms with Gasteiger partial charge in [0, 0.05) is 30.7 Å². The Bertz CT molecular complexity index is 1160. The lowest BCUT2D eigenvalue weighted by molar-refractivity contribution is 0.582. The quantitative estimate of drug-likeness (QED) is 0.569. The van der Waals surface area contributed by atoms with Gasteiger partial charge in [-0.25, -0.2) is 13.1 Å². The van der Waals surface area contributed by atoms with Crippen molar-refractivity contribution in [2.24, 2.45) is 0 Å². The molecule has 130 valence electrons. The molecule has 9 heteroatoms. The second-order valence-electron chi connectivity index (χ2n) is 5.46. The highest BCUT2D eigenvalue weighted by Crippen LogP contribution is 2.23. The molecule has 0 fully saturated rings. The third-order valence-electron chi connectivity index (χ3n) is 3.84. The number of benzene rings is 1. The molecule has 4 rings (SSSR count). The molecule has 4 aromatic rings. The minimum atomic E-state index is -3.74. The molecular weight excluding hydrogens is 370 g/mol. The molecule has 0 saturated carbocycles. The predicted molar refractivity (Wildman–Crippen MR) is 98.9 cm³/mol. The van der Waals surface area contributed by atoms with Gasteiger partial charge >= 0.3 is 0 Å². The number of fused-ring (bicyclic) bond motifs is 1. The minimum Gasteiger partial charge on any atom is -0.265 e. The van der Waals surface area contributed by atoms with E-state index in [0.29, 0.717) is 16.7 Å². The van der Waals surface area contributed by atoms with E-state index in [1.165, 1.54) is 6.07 Å². The molecule has 0 aliphatic rings. The van der Waals surface area contributed by atoms with Crippen molar-refractivity contribution < 1.29 is 8.42 Å². The standard InChI is InChI=1S/C17H13N5O2S2/c23-26(24,15-5-1-4-14-17(15)22-25-21-14)20-11-13-3-2-8-19-16(13)12-6-9-18-10-7-12/h1-10,20H,11H2. The number of hydrogen-bond donors (Lipinski definition) is 1. The van der Waals surface area contributed by atoms with Crippen molar-refractivity contribution in [2.75, 3.05) is 0 Å². The summed E-state index contributed by atoms with van der Waals surface area (Å²) in [5, 5.41) is 0. The Morgan fingerprint density at radius 3 is 2.65 bits per heavy atom. The summed E-state index contributed by atoms with van der Waals surface area (Å²) >= 11 is 0.989.